The molecule has 2 aromatic carbocycles. The van der Waals surface area contributed by atoms with Gasteiger partial charge in [-0.3, -0.25) is 0 Å². The molecular formula is C26H30N4O3S. The maximum absolute atomic E-state index is 11.9. The molecule has 178 valence electrons. The fraction of sp³-hybridized carbons (Fsp3) is 0.385. The summed E-state index contributed by atoms with van der Waals surface area (Å²) in [5, 5.41) is 0. The maximum atomic E-state index is 11.9. The number of sulfone groups is 1. The van der Waals surface area contributed by atoms with E-state index in [4.69, 9.17) is 4.74 Å². The van der Waals surface area contributed by atoms with Crippen molar-refractivity contribution < 1.29 is 13.2 Å². The van der Waals surface area contributed by atoms with E-state index >= 15 is 0 Å². The molecule has 0 amide bonds. The third kappa shape index (κ3) is 4.73. The minimum Gasteiger partial charge on any atom is -0.490 e. The lowest BCUT2D eigenvalue weighted by atomic mass is 10.1. The van der Waals surface area contributed by atoms with Crippen LogP contribution in [0.3, 0.4) is 0 Å². The lowest BCUT2D eigenvalue weighted by Gasteiger charge is -2.32. The normalized spacial score (nSPS) is 16.5. The molecule has 2 aliphatic rings. The number of nitrogens with zero attached hydrogens (tertiary/aromatic N) is 4. The van der Waals surface area contributed by atoms with Crippen LogP contribution in [0, 0.1) is 0 Å². The van der Waals surface area contributed by atoms with E-state index in [1.165, 1.54) is 6.26 Å². The van der Waals surface area contributed by atoms with E-state index < -0.39 is 9.84 Å². The van der Waals surface area contributed by atoms with Crippen LogP contribution in [0.5, 0.6) is 5.75 Å². The van der Waals surface area contributed by atoms with E-state index in [0.29, 0.717) is 4.90 Å². The van der Waals surface area contributed by atoms with Gasteiger partial charge >= 0.3 is 0 Å². The van der Waals surface area contributed by atoms with Crippen molar-refractivity contribution in [3.63, 3.8) is 0 Å². The Bertz CT molecular complexity index is 1250. The lowest BCUT2D eigenvalue weighted by Crippen LogP contribution is -2.39. The summed E-state index contributed by atoms with van der Waals surface area (Å²) in [4.78, 5) is 13.8. The second-order valence-electron chi connectivity index (χ2n) is 9.01. The third-order valence-corrected chi connectivity index (χ3v) is 7.76. The monoisotopic (exact) mass is 478 g/mol. The highest BCUT2D eigenvalue weighted by Gasteiger charge is 2.24. The van der Waals surface area contributed by atoms with Crippen molar-refractivity contribution in [1.29, 1.82) is 0 Å². The quantitative estimate of drug-likeness (QED) is 0.526. The number of benzene rings is 2. The highest BCUT2D eigenvalue weighted by molar-refractivity contribution is 7.90. The van der Waals surface area contributed by atoms with Gasteiger partial charge in [0.05, 0.1) is 4.90 Å². The molecule has 3 heterocycles. The highest BCUT2D eigenvalue weighted by atomic mass is 32.2. The van der Waals surface area contributed by atoms with Crippen LogP contribution >= 0.6 is 0 Å². The van der Waals surface area contributed by atoms with E-state index in [2.05, 4.69) is 38.8 Å². The fourth-order valence-electron chi connectivity index (χ4n) is 4.64. The van der Waals surface area contributed by atoms with Crippen molar-refractivity contribution in [2.24, 2.45) is 0 Å². The summed E-state index contributed by atoms with van der Waals surface area (Å²) in [6.07, 6.45) is 8.90. The number of hydrogen-bond acceptors (Lipinski definition) is 7. The summed E-state index contributed by atoms with van der Waals surface area (Å²) in [6, 6.07) is 13.6. The molecule has 34 heavy (non-hydrogen) atoms. The predicted octanol–water partition coefficient (Wildman–Crippen LogP) is 4.18. The summed E-state index contributed by atoms with van der Waals surface area (Å²) >= 11 is 0. The number of aromatic nitrogens is 2. The van der Waals surface area contributed by atoms with Gasteiger partial charge in [-0.25, -0.2) is 18.4 Å². The Morgan fingerprint density at radius 3 is 2.35 bits per heavy atom. The molecule has 1 saturated heterocycles. The molecule has 0 N–H and O–H groups in total. The molecule has 0 bridgehead atoms. The van der Waals surface area contributed by atoms with Crippen LogP contribution in [0.1, 0.15) is 30.9 Å². The van der Waals surface area contributed by atoms with Gasteiger partial charge in [0.2, 0.25) is 5.95 Å². The van der Waals surface area contributed by atoms with Crippen LogP contribution in [0.4, 0.5) is 17.3 Å². The zero-order valence-electron chi connectivity index (χ0n) is 19.6. The molecule has 1 fully saturated rings. The van der Waals surface area contributed by atoms with Crippen LogP contribution in [-0.4, -0.2) is 50.4 Å². The first kappa shape index (κ1) is 22.7. The number of ether oxygens (including phenoxy) is 1. The lowest BCUT2D eigenvalue weighted by molar-refractivity contribution is 0.170. The molecule has 0 saturated carbocycles. The second-order valence-corrected chi connectivity index (χ2v) is 11.0. The minimum absolute atomic E-state index is 0.180. The molecule has 0 atom stereocenters. The number of rotatable bonds is 6. The standard InChI is InChI=1S/C26H30N4O3S/c1-3-19-17-27-26(28-18-19)29-13-11-23(12-14-29)33-22-6-4-21(5-7-22)30-15-10-20-16-24(34(2,31)32)8-9-25(20)30/h4-9,16-18,23H,3,10-15H2,1-2H3. The Balaban J connectivity index is 1.19. The summed E-state index contributed by atoms with van der Waals surface area (Å²) in [7, 11) is -3.19. The van der Waals surface area contributed by atoms with E-state index in [-0.39, 0.29) is 6.10 Å². The van der Waals surface area contributed by atoms with Crippen LogP contribution in [0.2, 0.25) is 0 Å². The van der Waals surface area contributed by atoms with E-state index in [1.54, 1.807) is 12.1 Å². The molecule has 5 rings (SSSR count). The van der Waals surface area contributed by atoms with Gasteiger partial charge < -0.3 is 14.5 Å². The minimum atomic E-state index is -3.19. The Kier molecular flexibility index (Phi) is 6.16. The van der Waals surface area contributed by atoms with E-state index in [1.807, 2.05) is 30.6 Å². The van der Waals surface area contributed by atoms with Gasteiger partial charge in [-0.15, -0.1) is 0 Å². The Hall–Kier alpha value is -3.13. The van der Waals surface area contributed by atoms with Crippen LogP contribution in [0.25, 0.3) is 0 Å². The van der Waals surface area contributed by atoms with Crippen molar-refractivity contribution >= 4 is 27.2 Å². The molecule has 0 radical (unpaired) electrons. The van der Waals surface area contributed by atoms with Gasteiger partial charge in [-0.2, -0.15) is 0 Å². The van der Waals surface area contributed by atoms with Crippen LogP contribution in [-0.2, 0) is 22.7 Å². The molecule has 1 aromatic heterocycles. The predicted molar refractivity (Wildman–Crippen MR) is 134 cm³/mol. The number of fused-ring (bicyclic) bond motifs is 1. The van der Waals surface area contributed by atoms with Crippen molar-refractivity contribution in [3.05, 3.63) is 66.0 Å². The first-order valence-electron chi connectivity index (χ1n) is 11.8. The van der Waals surface area contributed by atoms with Crippen molar-refractivity contribution in [2.75, 3.05) is 35.7 Å². The molecule has 2 aliphatic heterocycles. The van der Waals surface area contributed by atoms with Gasteiger partial charge in [0.25, 0.3) is 0 Å². The number of hydrogen-bond donors (Lipinski definition) is 0. The highest BCUT2D eigenvalue weighted by Crippen LogP contribution is 2.36. The molecule has 7 nitrogen and oxygen atoms in total. The van der Waals surface area contributed by atoms with Crippen LogP contribution < -0.4 is 14.5 Å². The Labute approximate surface area is 201 Å². The van der Waals surface area contributed by atoms with Crippen molar-refractivity contribution in [1.82, 2.24) is 9.97 Å². The zero-order chi connectivity index (χ0) is 23.7. The zero-order valence-corrected chi connectivity index (χ0v) is 20.5. The molecule has 8 heteroatoms. The molecule has 0 unspecified atom stereocenters. The Morgan fingerprint density at radius 1 is 1.00 bits per heavy atom. The van der Waals surface area contributed by atoms with Crippen molar-refractivity contribution in [3.8, 4) is 5.75 Å². The Morgan fingerprint density at radius 2 is 1.71 bits per heavy atom. The fourth-order valence-corrected chi connectivity index (χ4v) is 5.31. The summed E-state index contributed by atoms with van der Waals surface area (Å²) in [5.41, 5.74) is 4.38. The van der Waals surface area contributed by atoms with Gasteiger partial charge in [0.1, 0.15) is 11.9 Å². The SMILES string of the molecule is CCc1cnc(N2CCC(Oc3ccc(N4CCc5cc(S(C)(=O)=O)ccc54)cc3)CC2)nc1. The number of piperidine rings is 1. The average Bonchev–Trinajstić information content (AvgIpc) is 3.28. The summed E-state index contributed by atoms with van der Waals surface area (Å²) in [6.45, 7) is 4.71. The van der Waals surface area contributed by atoms with Crippen molar-refractivity contribution in [2.45, 2.75) is 43.6 Å². The molecular weight excluding hydrogens is 448 g/mol. The average molecular weight is 479 g/mol. The molecule has 0 aliphatic carbocycles. The largest absolute Gasteiger partial charge is 0.490 e. The summed E-state index contributed by atoms with van der Waals surface area (Å²) in [5.74, 6) is 1.67. The van der Waals surface area contributed by atoms with Gasteiger partial charge in [-0.05, 0) is 66.4 Å². The van der Waals surface area contributed by atoms with E-state index in [0.717, 1.165) is 79.5 Å². The number of anilines is 3. The first-order chi connectivity index (χ1) is 16.4. The second kappa shape index (κ2) is 9.25. The maximum Gasteiger partial charge on any atom is 0.225 e. The molecule has 0 spiro atoms. The molecule has 3 aromatic rings. The van der Waals surface area contributed by atoms with Gasteiger partial charge in [-0.1, -0.05) is 6.92 Å². The van der Waals surface area contributed by atoms with Gasteiger partial charge in [0, 0.05) is 62.5 Å². The number of aryl methyl sites for hydroxylation is 1. The van der Waals surface area contributed by atoms with E-state index in [9.17, 15) is 8.42 Å². The van der Waals surface area contributed by atoms with Crippen LogP contribution in [0.15, 0.2) is 59.8 Å². The summed E-state index contributed by atoms with van der Waals surface area (Å²) < 4.78 is 30.0. The van der Waals surface area contributed by atoms with Gasteiger partial charge in [0.15, 0.2) is 9.84 Å². The topological polar surface area (TPSA) is 75.6 Å². The first-order valence-corrected chi connectivity index (χ1v) is 13.7. The smallest absolute Gasteiger partial charge is 0.225 e. The third-order valence-electron chi connectivity index (χ3n) is 6.65.